The smallest absolute Gasteiger partial charge is 0.148 e. The van der Waals surface area contributed by atoms with Crippen molar-refractivity contribution in [2.75, 3.05) is 6.16 Å². The van der Waals surface area contributed by atoms with E-state index in [1.807, 2.05) is 0 Å². The Morgan fingerprint density at radius 3 is 1.61 bits per heavy atom. The molecule has 0 aliphatic carbocycles. The van der Waals surface area contributed by atoms with E-state index in [0.29, 0.717) is 10.6 Å². The van der Waals surface area contributed by atoms with Crippen LogP contribution in [0.5, 0.6) is 0 Å². The number of carboxylic acids is 1. The van der Waals surface area contributed by atoms with Gasteiger partial charge >= 0.3 is 0 Å². The second kappa shape index (κ2) is 5.19. The Balaban J connectivity index is 2.55. The van der Waals surface area contributed by atoms with E-state index < -0.39 is 19.3 Å². The summed E-state index contributed by atoms with van der Waals surface area (Å²) in [5.41, 5.74) is 0. The summed E-state index contributed by atoms with van der Waals surface area (Å²) in [6.07, 6.45) is -0.471. The first-order valence-electron chi connectivity index (χ1n) is 5.53. The molecule has 0 N–H and O–H groups in total. The average Bonchev–Trinajstić information content (AvgIpc) is 2.40. The van der Waals surface area contributed by atoms with Crippen molar-refractivity contribution in [2.45, 2.75) is 0 Å². The summed E-state index contributed by atoms with van der Waals surface area (Å²) in [6, 6.07) is 17.4. The second-order valence-electron chi connectivity index (χ2n) is 3.94. The highest BCUT2D eigenvalue weighted by Gasteiger charge is 2.26. The molecule has 0 aromatic heterocycles. The predicted octanol–water partition coefficient (Wildman–Crippen LogP) is 0.750. The molecule has 92 valence electrons. The number of carbonyl (C=O) groups excluding carboxylic acids is 1. The lowest BCUT2D eigenvalue weighted by Gasteiger charge is -2.19. The van der Waals surface area contributed by atoms with Crippen LogP contribution < -0.4 is 15.7 Å². The van der Waals surface area contributed by atoms with Gasteiger partial charge in [-0.3, -0.25) is 0 Å². The molecule has 0 spiro atoms. The van der Waals surface area contributed by atoms with Gasteiger partial charge in [-0.05, 0) is 0 Å². The Hall–Kier alpha value is -1.86. The molecule has 0 saturated carbocycles. The minimum absolute atomic E-state index is 0.471. The molecule has 0 amide bonds. The molecule has 4 heteroatoms. The normalized spacial score (nSPS) is 11.1. The summed E-state index contributed by atoms with van der Waals surface area (Å²) in [6.45, 7) is 0. The summed E-state index contributed by atoms with van der Waals surface area (Å²) in [7, 11) is -3.14. The first-order valence-corrected chi connectivity index (χ1v) is 7.42. The number of carbonyl (C=O) groups is 1. The van der Waals surface area contributed by atoms with Crippen LogP contribution >= 0.6 is 7.14 Å². The Bertz CT molecular complexity index is 535. The molecular weight excluding hydrogens is 247 g/mol. The van der Waals surface area contributed by atoms with Crippen LogP contribution in [-0.4, -0.2) is 12.1 Å². The van der Waals surface area contributed by atoms with Crippen molar-refractivity contribution in [1.29, 1.82) is 0 Å². The molecule has 2 aromatic rings. The fourth-order valence-electron chi connectivity index (χ4n) is 1.85. The molecule has 0 atom stereocenters. The van der Waals surface area contributed by atoms with Crippen LogP contribution in [0.2, 0.25) is 0 Å². The summed E-state index contributed by atoms with van der Waals surface area (Å²) in [5, 5.41) is 12.0. The van der Waals surface area contributed by atoms with Gasteiger partial charge in [0.25, 0.3) is 0 Å². The zero-order chi connectivity index (χ0) is 13.0. The summed E-state index contributed by atoms with van der Waals surface area (Å²) < 4.78 is 13.0. The number of hydrogen-bond acceptors (Lipinski definition) is 3. The van der Waals surface area contributed by atoms with Gasteiger partial charge in [0.15, 0.2) is 0 Å². The SMILES string of the molecule is O=C([O-])CP(=O)(c1ccccc1)c1ccccc1. The Kier molecular flexibility index (Phi) is 3.63. The number of aliphatic carboxylic acids is 1. The fraction of sp³-hybridized carbons (Fsp3) is 0.0714. The van der Waals surface area contributed by atoms with Gasteiger partial charge in [0.05, 0.1) is 0 Å². The molecule has 0 fully saturated rings. The molecular formula is C14H12O3P-. The predicted molar refractivity (Wildman–Crippen MR) is 69.6 cm³/mol. The molecule has 0 aliphatic heterocycles. The highest BCUT2D eigenvalue weighted by molar-refractivity contribution is 7.79. The maximum absolute atomic E-state index is 13.0. The van der Waals surface area contributed by atoms with Gasteiger partial charge in [0.1, 0.15) is 7.14 Å². The number of carboxylic acid groups (broad SMARTS) is 1. The van der Waals surface area contributed by atoms with Crippen LogP contribution in [-0.2, 0) is 9.36 Å². The van der Waals surface area contributed by atoms with E-state index in [-0.39, 0.29) is 0 Å². The lowest BCUT2D eigenvalue weighted by Crippen LogP contribution is -2.31. The largest absolute Gasteiger partial charge is 0.550 e. The highest BCUT2D eigenvalue weighted by Crippen LogP contribution is 2.42. The molecule has 18 heavy (non-hydrogen) atoms. The second-order valence-corrected chi connectivity index (χ2v) is 6.77. The molecule has 0 aliphatic rings. The molecule has 0 saturated heterocycles. The molecule has 0 heterocycles. The fourth-order valence-corrected chi connectivity index (χ4v) is 4.19. The zero-order valence-electron chi connectivity index (χ0n) is 9.65. The van der Waals surface area contributed by atoms with Crippen LogP contribution in [0.4, 0.5) is 0 Å². The van der Waals surface area contributed by atoms with Gasteiger partial charge in [0.2, 0.25) is 0 Å². The topological polar surface area (TPSA) is 57.2 Å². The Morgan fingerprint density at radius 1 is 0.889 bits per heavy atom. The van der Waals surface area contributed by atoms with Gasteiger partial charge in [-0.2, -0.15) is 0 Å². The van der Waals surface area contributed by atoms with Gasteiger partial charge in [0, 0.05) is 22.7 Å². The van der Waals surface area contributed by atoms with Crippen molar-refractivity contribution in [2.24, 2.45) is 0 Å². The Labute approximate surface area is 105 Å². The third-order valence-corrected chi connectivity index (χ3v) is 5.67. The van der Waals surface area contributed by atoms with Gasteiger partial charge in [-0.15, -0.1) is 0 Å². The first-order chi connectivity index (χ1) is 8.63. The number of hydrogen-bond donors (Lipinski definition) is 0. The van der Waals surface area contributed by atoms with E-state index >= 15 is 0 Å². The summed E-state index contributed by atoms with van der Waals surface area (Å²) in [4.78, 5) is 10.9. The van der Waals surface area contributed by atoms with Crippen molar-refractivity contribution in [3.63, 3.8) is 0 Å². The van der Waals surface area contributed by atoms with E-state index in [0.717, 1.165) is 0 Å². The van der Waals surface area contributed by atoms with Crippen molar-refractivity contribution < 1.29 is 14.5 Å². The van der Waals surface area contributed by atoms with Crippen LogP contribution in [0.3, 0.4) is 0 Å². The van der Waals surface area contributed by atoms with Gasteiger partial charge < -0.3 is 14.5 Å². The van der Waals surface area contributed by atoms with Gasteiger partial charge in [-0.1, -0.05) is 60.7 Å². The van der Waals surface area contributed by atoms with E-state index in [1.165, 1.54) is 0 Å². The van der Waals surface area contributed by atoms with Crippen LogP contribution in [0.1, 0.15) is 0 Å². The molecule has 2 aromatic carbocycles. The highest BCUT2D eigenvalue weighted by atomic mass is 31.2. The van der Waals surface area contributed by atoms with Gasteiger partial charge in [-0.25, -0.2) is 0 Å². The molecule has 2 rings (SSSR count). The number of benzene rings is 2. The minimum atomic E-state index is -3.14. The van der Waals surface area contributed by atoms with Crippen LogP contribution in [0.25, 0.3) is 0 Å². The third kappa shape index (κ3) is 2.52. The zero-order valence-corrected chi connectivity index (χ0v) is 10.5. The average molecular weight is 259 g/mol. The first kappa shape index (κ1) is 12.6. The standard InChI is InChI=1S/C14H13O3P/c15-14(16)11-18(17,12-7-3-1-4-8-12)13-9-5-2-6-10-13/h1-10H,11H2,(H,15,16)/p-1. The van der Waals surface area contributed by atoms with Crippen molar-refractivity contribution in [3.8, 4) is 0 Å². The molecule has 0 radical (unpaired) electrons. The summed E-state index contributed by atoms with van der Waals surface area (Å²) in [5.74, 6) is -1.30. The van der Waals surface area contributed by atoms with Crippen molar-refractivity contribution >= 4 is 23.7 Å². The van der Waals surface area contributed by atoms with E-state index in [1.54, 1.807) is 60.7 Å². The summed E-state index contributed by atoms with van der Waals surface area (Å²) >= 11 is 0. The lowest BCUT2D eigenvalue weighted by atomic mass is 10.4. The van der Waals surface area contributed by atoms with Crippen LogP contribution in [0, 0.1) is 0 Å². The Morgan fingerprint density at radius 2 is 1.28 bits per heavy atom. The maximum Gasteiger partial charge on any atom is 0.148 e. The number of rotatable bonds is 4. The monoisotopic (exact) mass is 259 g/mol. The maximum atomic E-state index is 13.0. The molecule has 0 unspecified atom stereocenters. The third-order valence-electron chi connectivity index (χ3n) is 2.70. The minimum Gasteiger partial charge on any atom is -0.550 e. The van der Waals surface area contributed by atoms with E-state index in [4.69, 9.17) is 0 Å². The quantitative estimate of drug-likeness (QED) is 0.761. The van der Waals surface area contributed by atoms with Crippen molar-refractivity contribution in [3.05, 3.63) is 60.7 Å². The van der Waals surface area contributed by atoms with Crippen LogP contribution in [0.15, 0.2) is 60.7 Å². The van der Waals surface area contributed by atoms with E-state index in [2.05, 4.69) is 0 Å². The lowest BCUT2D eigenvalue weighted by molar-refractivity contribution is -0.301. The molecule has 3 nitrogen and oxygen atoms in total. The molecule has 0 bridgehead atoms. The van der Waals surface area contributed by atoms with Crippen molar-refractivity contribution in [1.82, 2.24) is 0 Å². The van der Waals surface area contributed by atoms with E-state index in [9.17, 15) is 14.5 Å².